The number of rotatable bonds is 5. The van der Waals surface area contributed by atoms with Crippen LogP contribution in [0.4, 0.5) is 13.2 Å². The van der Waals surface area contributed by atoms with Crippen LogP contribution in [0.1, 0.15) is 25.0 Å². The van der Waals surface area contributed by atoms with Gasteiger partial charge < -0.3 is 9.64 Å². The van der Waals surface area contributed by atoms with Gasteiger partial charge in [0.25, 0.3) is 0 Å². The molecule has 116 valence electrons. The van der Waals surface area contributed by atoms with Crippen LogP contribution in [0.15, 0.2) is 24.3 Å². The highest BCUT2D eigenvalue weighted by Gasteiger charge is 2.30. The molecular weight excluding hydrogens is 287 g/mol. The van der Waals surface area contributed by atoms with Gasteiger partial charge in [-0.25, -0.2) is 0 Å². The van der Waals surface area contributed by atoms with Gasteiger partial charge in [0.05, 0.1) is 12.2 Å². The molecule has 0 atom stereocenters. The topological polar surface area (TPSA) is 46.6 Å². The van der Waals surface area contributed by atoms with Crippen LogP contribution in [0.2, 0.25) is 0 Å². The lowest BCUT2D eigenvalue weighted by molar-refractivity contribution is -0.148. The van der Waals surface area contributed by atoms with Gasteiger partial charge in [0.1, 0.15) is 6.54 Å². The number of hydrogen-bond acceptors (Lipinski definition) is 3. The molecule has 0 aromatic heterocycles. The second kappa shape index (κ2) is 7.10. The summed E-state index contributed by atoms with van der Waals surface area (Å²) < 4.78 is 42.1. The van der Waals surface area contributed by atoms with Crippen LogP contribution < -0.4 is 0 Å². The molecule has 0 aliphatic carbocycles. The maximum atomic E-state index is 12.4. The highest BCUT2D eigenvalue weighted by atomic mass is 19.4. The molecule has 1 amide bonds. The number of esters is 1. The maximum absolute atomic E-state index is 12.4. The molecule has 0 fully saturated rings. The first kappa shape index (κ1) is 17.0. The molecular formula is C14H16F3NO3. The standard InChI is InChI=1S/C14H16F3NO3/c1-3-21-13(20)9-18(10(2)19)8-11-4-6-12(7-5-11)14(15,16)17/h4-7H,3,8-9H2,1-2H3. The van der Waals surface area contributed by atoms with E-state index in [9.17, 15) is 22.8 Å². The number of ether oxygens (including phenoxy) is 1. The van der Waals surface area contributed by atoms with Gasteiger partial charge in [0.2, 0.25) is 5.91 Å². The summed E-state index contributed by atoms with van der Waals surface area (Å²) in [6.45, 7) is 2.94. The van der Waals surface area contributed by atoms with Gasteiger partial charge in [-0.15, -0.1) is 0 Å². The fourth-order valence-corrected chi connectivity index (χ4v) is 1.66. The second-order valence-corrected chi connectivity index (χ2v) is 4.37. The van der Waals surface area contributed by atoms with Crippen molar-refractivity contribution in [3.63, 3.8) is 0 Å². The summed E-state index contributed by atoms with van der Waals surface area (Å²) in [6.07, 6.45) is -4.40. The summed E-state index contributed by atoms with van der Waals surface area (Å²) in [5, 5.41) is 0. The highest BCUT2D eigenvalue weighted by molar-refractivity contribution is 5.80. The second-order valence-electron chi connectivity index (χ2n) is 4.37. The Hall–Kier alpha value is -2.05. The molecule has 0 radical (unpaired) electrons. The molecule has 0 aliphatic rings. The van der Waals surface area contributed by atoms with Gasteiger partial charge in [-0.2, -0.15) is 13.2 Å². The molecule has 0 aliphatic heterocycles. The molecule has 1 aromatic carbocycles. The minimum atomic E-state index is -4.40. The van der Waals surface area contributed by atoms with Crippen molar-refractivity contribution in [2.45, 2.75) is 26.6 Å². The minimum Gasteiger partial charge on any atom is -0.465 e. The van der Waals surface area contributed by atoms with E-state index in [2.05, 4.69) is 0 Å². The predicted molar refractivity (Wildman–Crippen MR) is 69.2 cm³/mol. The number of amides is 1. The summed E-state index contributed by atoms with van der Waals surface area (Å²) >= 11 is 0. The van der Waals surface area contributed by atoms with E-state index in [4.69, 9.17) is 4.74 Å². The maximum Gasteiger partial charge on any atom is 0.416 e. The zero-order valence-corrected chi connectivity index (χ0v) is 11.7. The molecule has 7 heteroatoms. The van der Waals surface area contributed by atoms with Crippen molar-refractivity contribution in [1.82, 2.24) is 4.90 Å². The van der Waals surface area contributed by atoms with Gasteiger partial charge in [0, 0.05) is 13.5 Å². The molecule has 0 heterocycles. The van der Waals surface area contributed by atoms with E-state index in [1.165, 1.54) is 24.0 Å². The lowest BCUT2D eigenvalue weighted by atomic mass is 10.1. The SMILES string of the molecule is CCOC(=O)CN(Cc1ccc(C(F)(F)F)cc1)C(C)=O. The Labute approximate surface area is 120 Å². The Kier molecular flexibility index (Phi) is 5.75. The van der Waals surface area contributed by atoms with Crippen molar-refractivity contribution in [3.05, 3.63) is 35.4 Å². The number of benzene rings is 1. The zero-order chi connectivity index (χ0) is 16.0. The molecule has 0 spiro atoms. The first-order valence-electron chi connectivity index (χ1n) is 6.31. The van der Waals surface area contributed by atoms with E-state index in [1.54, 1.807) is 6.92 Å². The molecule has 0 unspecified atom stereocenters. The highest BCUT2D eigenvalue weighted by Crippen LogP contribution is 2.29. The Morgan fingerprint density at radius 2 is 1.76 bits per heavy atom. The van der Waals surface area contributed by atoms with Crippen molar-refractivity contribution in [3.8, 4) is 0 Å². The van der Waals surface area contributed by atoms with Crippen LogP contribution in [-0.2, 0) is 27.0 Å². The third-order valence-electron chi connectivity index (χ3n) is 2.73. The van der Waals surface area contributed by atoms with E-state index in [0.717, 1.165) is 12.1 Å². The third-order valence-corrected chi connectivity index (χ3v) is 2.73. The van der Waals surface area contributed by atoms with Crippen LogP contribution in [-0.4, -0.2) is 29.9 Å². The van der Waals surface area contributed by atoms with E-state index in [-0.39, 0.29) is 25.6 Å². The first-order chi connectivity index (χ1) is 9.74. The Morgan fingerprint density at radius 3 is 2.19 bits per heavy atom. The van der Waals surface area contributed by atoms with Crippen LogP contribution in [0.3, 0.4) is 0 Å². The number of hydrogen-bond donors (Lipinski definition) is 0. The fourth-order valence-electron chi connectivity index (χ4n) is 1.66. The molecule has 0 bridgehead atoms. The van der Waals surface area contributed by atoms with Crippen LogP contribution >= 0.6 is 0 Å². The summed E-state index contributed by atoms with van der Waals surface area (Å²) in [6, 6.07) is 4.45. The number of halogens is 3. The number of nitrogens with zero attached hydrogens (tertiary/aromatic N) is 1. The van der Waals surface area contributed by atoms with E-state index in [1.807, 2.05) is 0 Å². The molecule has 21 heavy (non-hydrogen) atoms. The van der Waals surface area contributed by atoms with Crippen molar-refractivity contribution in [2.75, 3.05) is 13.2 Å². The monoisotopic (exact) mass is 303 g/mol. The molecule has 4 nitrogen and oxygen atoms in total. The number of carbonyl (C=O) groups excluding carboxylic acids is 2. The fraction of sp³-hybridized carbons (Fsp3) is 0.429. The third kappa shape index (κ3) is 5.45. The predicted octanol–water partition coefficient (Wildman–Crippen LogP) is 2.62. The van der Waals surface area contributed by atoms with Gasteiger partial charge in [-0.1, -0.05) is 12.1 Å². The number of alkyl halides is 3. The number of carbonyl (C=O) groups is 2. The molecule has 0 N–H and O–H groups in total. The quantitative estimate of drug-likeness (QED) is 0.786. The average molecular weight is 303 g/mol. The van der Waals surface area contributed by atoms with Gasteiger partial charge >= 0.3 is 12.1 Å². The summed E-state index contributed by atoms with van der Waals surface area (Å²) in [4.78, 5) is 24.0. The Morgan fingerprint density at radius 1 is 1.19 bits per heavy atom. The average Bonchev–Trinajstić information content (AvgIpc) is 2.37. The van der Waals surface area contributed by atoms with E-state index in [0.29, 0.717) is 5.56 Å². The summed E-state index contributed by atoms with van der Waals surface area (Å²) in [5.74, 6) is -0.914. The van der Waals surface area contributed by atoms with Gasteiger partial charge in [-0.05, 0) is 24.6 Å². The molecule has 1 aromatic rings. The van der Waals surface area contributed by atoms with Crippen molar-refractivity contribution >= 4 is 11.9 Å². The van der Waals surface area contributed by atoms with E-state index < -0.39 is 17.7 Å². The largest absolute Gasteiger partial charge is 0.465 e. The zero-order valence-electron chi connectivity index (χ0n) is 11.7. The van der Waals surface area contributed by atoms with Crippen molar-refractivity contribution < 1.29 is 27.5 Å². The van der Waals surface area contributed by atoms with Gasteiger partial charge in [-0.3, -0.25) is 9.59 Å². The van der Waals surface area contributed by atoms with Crippen LogP contribution in [0.25, 0.3) is 0 Å². The molecule has 0 saturated carbocycles. The summed E-state index contributed by atoms with van der Waals surface area (Å²) in [7, 11) is 0. The van der Waals surface area contributed by atoms with Crippen molar-refractivity contribution in [2.24, 2.45) is 0 Å². The van der Waals surface area contributed by atoms with Crippen LogP contribution in [0.5, 0.6) is 0 Å². The normalized spacial score (nSPS) is 11.1. The smallest absolute Gasteiger partial charge is 0.416 e. The Balaban J connectivity index is 2.76. The molecule has 0 saturated heterocycles. The molecule has 1 rings (SSSR count). The minimum absolute atomic E-state index is 0.0479. The van der Waals surface area contributed by atoms with Gasteiger partial charge in [0.15, 0.2) is 0 Å². The Bertz CT molecular complexity index is 497. The van der Waals surface area contributed by atoms with Crippen LogP contribution in [0, 0.1) is 0 Å². The van der Waals surface area contributed by atoms with Crippen molar-refractivity contribution in [1.29, 1.82) is 0 Å². The summed E-state index contributed by atoms with van der Waals surface area (Å²) in [5.41, 5.74) is -0.256. The lowest BCUT2D eigenvalue weighted by Crippen LogP contribution is -2.34. The first-order valence-corrected chi connectivity index (χ1v) is 6.31. The lowest BCUT2D eigenvalue weighted by Gasteiger charge is -2.20. The van der Waals surface area contributed by atoms with E-state index >= 15 is 0 Å².